The number of carbonyl (C=O) groups is 3. The zero-order valence-electron chi connectivity index (χ0n) is 21.3. The maximum absolute atomic E-state index is 17.4. The predicted octanol–water partition coefficient (Wildman–Crippen LogP) is 3.38. The van der Waals surface area contributed by atoms with E-state index in [0.717, 1.165) is 17.8 Å². The van der Waals surface area contributed by atoms with E-state index in [9.17, 15) is 19.5 Å². The number of carbonyl (C=O) groups excluding carboxylic acids is 3. The molecule has 10 heteroatoms. The third-order valence-corrected chi connectivity index (χ3v) is 11.3. The Bertz CT molecular complexity index is 1150. The third kappa shape index (κ3) is 3.07. The second-order valence-corrected chi connectivity index (χ2v) is 13.5. The number of aliphatic hydroxyl groups excluding tert-OH is 1. The minimum Gasteiger partial charge on any atom is -0.465 e. The number of halogens is 2. The highest BCUT2D eigenvalue weighted by atomic mass is 32.2. The molecule has 0 amide bonds. The molecule has 6 rings (SSSR count). The van der Waals surface area contributed by atoms with Gasteiger partial charge >= 0.3 is 5.97 Å². The van der Waals surface area contributed by atoms with Crippen molar-refractivity contribution in [3.05, 3.63) is 23.8 Å². The number of esters is 1. The second kappa shape index (κ2) is 7.73. The number of cyclic esters (lactones) is 1. The van der Waals surface area contributed by atoms with Gasteiger partial charge in [0.05, 0.1) is 18.8 Å². The van der Waals surface area contributed by atoms with Crippen LogP contribution in [0.25, 0.3) is 0 Å². The van der Waals surface area contributed by atoms with Crippen LogP contribution in [0.15, 0.2) is 23.8 Å². The van der Waals surface area contributed by atoms with Gasteiger partial charge in [0, 0.05) is 23.2 Å². The Morgan fingerprint density at radius 3 is 2.57 bits per heavy atom. The van der Waals surface area contributed by atoms with Gasteiger partial charge in [-0.15, -0.1) is 0 Å². The predicted molar refractivity (Wildman–Crippen MR) is 129 cm³/mol. The van der Waals surface area contributed by atoms with E-state index in [1.54, 1.807) is 27.7 Å². The number of hydrogen-bond acceptors (Lipinski definition) is 8. The van der Waals surface area contributed by atoms with Gasteiger partial charge in [0.2, 0.25) is 5.12 Å². The molecule has 2 saturated heterocycles. The average molecular weight is 539 g/mol. The molecular weight excluding hydrogens is 506 g/mol. The second-order valence-electron chi connectivity index (χ2n) is 12.3. The molecule has 0 aromatic rings. The van der Waals surface area contributed by atoms with Gasteiger partial charge in [-0.25, -0.2) is 8.78 Å². The molecular formula is C27H32F2O7S. The summed E-state index contributed by atoms with van der Waals surface area (Å²) in [4.78, 5) is 38.3. The van der Waals surface area contributed by atoms with Crippen LogP contribution in [0.1, 0.15) is 53.4 Å². The molecule has 0 spiro atoms. The Balaban J connectivity index is 1.44. The molecule has 0 radical (unpaired) electrons. The normalized spacial score (nSPS) is 51.6. The summed E-state index contributed by atoms with van der Waals surface area (Å²) in [6, 6.07) is 0. The molecule has 6 aliphatic rings. The number of ether oxygens (including phenoxy) is 3. The SMILES string of the molecule is CC1(C)O[C@@H]2C[C@H]3[C@@H]4C[C@H](F)C5=CC(=O)C=C[C@]5(C)[C@@]4(F)[C@@H](O)C[C@]3(C)[C@]2(C(=O)S[C@@H]2CCOC2=O)O1. The molecule has 202 valence electrons. The maximum Gasteiger partial charge on any atom is 0.319 e. The number of ketones is 1. The number of aliphatic hydroxyl groups is 1. The fourth-order valence-electron chi connectivity index (χ4n) is 8.45. The quantitative estimate of drug-likeness (QED) is 0.535. The molecule has 3 saturated carbocycles. The van der Waals surface area contributed by atoms with E-state index in [1.807, 2.05) is 0 Å². The van der Waals surface area contributed by atoms with Crippen LogP contribution in [0.4, 0.5) is 8.78 Å². The summed E-state index contributed by atoms with van der Waals surface area (Å²) in [5.41, 5.74) is -6.37. The van der Waals surface area contributed by atoms with E-state index in [1.165, 1.54) is 12.2 Å². The molecule has 0 bridgehead atoms. The van der Waals surface area contributed by atoms with Gasteiger partial charge < -0.3 is 19.3 Å². The molecule has 10 atom stereocenters. The summed E-state index contributed by atoms with van der Waals surface area (Å²) in [5, 5.41) is 10.5. The van der Waals surface area contributed by atoms with E-state index in [-0.39, 0.29) is 31.4 Å². The number of thioether (sulfide) groups is 1. The topological polar surface area (TPSA) is 99.1 Å². The summed E-state index contributed by atoms with van der Waals surface area (Å²) in [7, 11) is 0. The summed E-state index contributed by atoms with van der Waals surface area (Å²) in [6.45, 7) is 6.98. The van der Waals surface area contributed by atoms with Crippen molar-refractivity contribution in [1.82, 2.24) is 0 Å². The molecule has 0 aromatic carbocycles. The van der Waals surface area contributed by atoms with Crippen LogP contribution in [-0.4, -0.2) is 69.3 Å². The molecule has 2 heterocycles. The van der Waals surface area contributed by atoms with Gasteiger partial charge in [-0.2, -0.15) is 0 Å². The van der Waals surface area contributed by atoms with Crippen LogP contribution < -0.4 is 0 Å². The van der Waals surface area contributed by atoms with E-state index < -0.39 is 80.2 Å². The van der Waals surface area contributed by atoms with Gasteiger partial charge in [-0.05, 0) is 63.7 Å². The number of allylic oxidation sites excluding steroid dienone is 4. The molecule has 7 nitrogen and oxygen atoms in total. The first-order valence-electron chi connectivity index (χ1n) is 12.9. The first kappa shape index (κ1) is 25.6. The monoisotopic (exact) mass is 538 g/mol. The van der Waals surface area contributed by atoms with Crippen molar-refractivity contribution in [2.24, 2.45) is 22.7 Å². The Morgan fingerprint density at radius 2 is 1.89 bits per heavy atom. The fraction of sp³-hybridized carbons (Fsp3) is 0.741. The Kier molecular flexibility index (Phi) is 5.36. The third-order valence-electron chi connectivity index (χ3n) is 10.1. The van der Waals surface area contributed by atoms with Crippen molar-refractivity contribution < 1.29 is 42.5 Å². The number of fused-ring (bicyclic) bond motifs is 7. The molecule has 4 aliphatic carbocycles. The van der Waals surface area contributed by atoms with E-state index >= 15 is 8.78 Å². The van der Waals surface area contributed by atoms with Crippen LogP contribution in [0.5, 0.6) is 0 Å². The zero-order valence-corrected chi connectivity index (χ0v) is 22.1. The van der Waals surface area contributed by atoms with Crippen molar-refractivity contribution in [3.8, 4) is 0 Å². The van der Waals surface area contributed by atoms with Crippen LogP contribution in [-0.2, 0) is 28.6 Å². The standard InChI is InChI=1S/C27H32F2O7S/c1-23(2)35-20-11-14-15-10-17(28)16-9-13(30)5-7-24(16,3)26(15,29)19(31)12-25(14,4)27(20,36-23)22(33)37-18-6-8-34-21(18)32/h5,7,9,14-15,17-20,31H,6,8,10-12H2,1-4H3/t14-,15-,17-,18+,19-,20+,24-,25-,26-,27-/m0/s1. The fourth-order valence-corrected chi connectivity index (χ4v) is 9.67. The number of alkyl halides is 2. The molecule has 37 heavy (non-hydrogen) atoms. The van der Waals surface area contributed by atoms with E-state index in [4.69, 9.17) is 14.2 Å². The van der Waals surface area contributed by atoms with Crippen molar-refractivity contribution >= 4 is 28.6 Å². The lowest BCUT2D eigenvalue weighted by Gasteiger charge is -2.63. The number of rotatable bonds is 2. The summed E-state index contributed by atoms with van der Waals surface area (Å²) >= 11 is 0.857. The largest absolute Gasteiger partial charge is 0.465 e. The number of hydrogen-bond donors (Lipinski definition) is 1. The van der Waals surface area contributed by atoms with Gasteiger partial charge in [-0.3, -0.25) is 14.4 Å². The molecule has 0 unspecified atom stereocenters. The summed E-state index contributed by atoms with van der Waals surface area (Å²) in [5.74, 6) is -3.50. The summed E-state index contributed by atoms with van der Waals surface area (Å²) < 4.78 is 50.8. The minimum atomic E-state index is -2.26. The van der Waals surface area contributed by atoms with Gasteiger partial charge in [-0.1, -0.05) is 24.8 Å². The molecule has 1 N–H and O–H groups in total. The Labute approximate surface area is 218 Å². The highest BCUT2D eigenvalue weighted by Gasteiger charge is 2.81. The van der Waals surface area contributed by atoms with Gasteiger partial charge in [0.1, 0.15) is 11.4 Å². The first-order valence-corrected chi connectivity index (χ1v) is 13.8. The average Bonchev–Trinajstić information content (AvgIpc) is 3.41. The lowest BCUT2D eigenvalue weighted by atomic mass is 9.44. The molecule has 0 aromatic heterocycles. The van der Waals surface area contributed by atoms with Crippen LogP contribution in [0.2, 0.25) is 0 Å². The van der Waals surface area contributed by atoms with Crippen LogP contribution in [0, 0.1) is 22.7 Å². The first-order chi connectivity index (χ1) is 17.2. The highest BCUT2D eigenvalue weighted by molar-refractivity contribution is 8.14. The van der Waals surface area contributed by atoms with Crippen molar-refractivity contribution in [3.63, 3.8) is 0 Å². The molecule has 2 aliphatic heterocycles. The Hall–Kier alpha value is -1.62. The van der Waals surface area contributed by atoms with E-state index in [2.05, 4.69) is 0 Å². The van der Waals surface area contributed by atoms with Crippen LogP contribution in [0.3, 0.4) is 0 Å². The van der Waals surface area contributed by atoms with Crippen molar-refractivity contribution in [2.75, 3.05) is 6.61 Å². The summed E-state index contributed by atoms with van der Waals surface area (Å²) in [6.07, 6.45) is 0.188. The minimum absolute atomic E-state index is 0.0503. The van der Waals surface area contributed by atoms with Gasteiger partial charge in [0.15, 0.2) is 22.8 Å². The van der Waals surface area contributed by atoms with E-state index in [0.29, 0.717) is 6.42 Å². The lowest BCUT2D eigenvalue weighted by Crippen LogP contribution is -2.70. The van der Waals surface area contributed by atoms with Crippen molar-refractivity contribution in [1.29, 1.82) is 0 Å². The smallest absolute Gasteiger partial charge is 0.319 e. The Morgan fingerprint density at radius 1 is 1.16 bits per heavy atom. The molecule has 5 fully saturated rings. The zero-order chi connectivity index (χ0) is 26.8. The van der Waals surface area contributed by atoms with Gasteiger partial charge in [0.25, 0.3) is 0 Å². The highest BCUT2D eigenvalue weighted by Crippen LogP contribution is 2.73. The van der Waals surface area contributed by atoms with Crippen LogP contribution >= 0.6 is 11.8 Å². The van der Waals surface area contributed by atoms with Crippen molar-refractivity contribution in [2.45, 2.75) is 94.1 Å². The lowest BCUT2D eigenvalue weighted by molar-refractivity contribution is -0.246. The maximum atomic E-state index is 17.4.